The van der Waals surface area contributed by atoms with Crippen molar-refractivity contribution in [2.24, 2.45) is 0 Å². The van der Waals surface area contributed by atoms with Crippen molar-refractivity contribution in [3.8, 4) is 0 Å². The molecule has 2 nitrogen and oxygen atoms in total. The van der Waals surface area contributed by atoms with Crippen LogP contribution in [-0.4, -0.2) is 11.5 Å². The maximum Gasteiger partial charge on any atom is 0.128 e. The van der Waals surface area contributed by atoms with E-state index in [-0.39, 0.29) is 5.56 Å². The molecule has 0 aliphatic heterocycles. The molecule has 1 aromatic carbocycles. The molecule has 100 valence electrons. The highest BCUT2D eigenvalue weighted by Crippen LogP contribution is 2.25. The number of benzene rings is 1. The number of hydrogen-bond donors (Lipinski definition) is 1. The van der Waals surface area contributed by atoms with Crippen LogP contribution >= 0.6 is 0 Å². The van der Waals surface area contributed by atoms with E-state index in [1.54, 1.807) is 6.20 Å². The molecule has 1 heterocycles. The van der Waals surface area contributed by atoms with Crippen LogP contribution in [0.5, 0.6) is 0 Å². The van der Waals surface area contributed by atoms with Crippen molar-refractivity contribution in [3.63, 3.8) is 0 Å². The van der Waals surface area contributed by atoms with E-state index in [2.05, 4.69) is 10.3 Å². The second-order valence-corrected chi connectivity index (χ2v) is 4.36. The van der Waals surface area contributed by atoms with Gasteiger partial charge in [-0.3, -0.25) is 4.98 Å². The fraction of sp³-hybridized carbons (Fsp3) is 0.267. The summed E-state index contributed by atoms with van der Waals surface area (Å²) in [4.78, 5) is 4.29. The normalized spacial score (nSPS) is 12.4. The Morgan fingerprint density at radius 2 is 2.05 bits per heavy atom. The summed E-state index contributed by atoms with van der Waals surface area (Å²) in [6, 6.07) is 6.77. The van der Waals surface area contributed by atoms with E-state index in [1.807, 2.05) is 26.0 Å². The van der Waals surface area contributed by atoms with E-state index in [0.717, 1.165) is 17.7 Å². The number of nitrogens with zero attached hydrogens (tertiary/aromatic N) is 1. The Morgan fingerprint density at radius 1 is 1.26 bits per heavy atom. The maximum absolute atomic E-state index is 13.9. The second kappa shape index (κ2) is 5.89. The molecular weight excluding hydrogens is 246 g/mol. The van der Waals surface area contributed by atoms with Gasteiger partial charge in [0.05, 0.1) is 11.7 Å². The number of halogens is 2. The van der Waals surface area contributed by atoms with Crippen LogP contribution in [0, 0.1) is 18.6 Å². The van der Waals surface area contributed by atoms with Crippen LogP contribution in [0.3, 0.4) is 0 Å². The number of pyridine rings is 1. The van der Waals surface area contributed by atoms with Gasteiger partial charge in [-0.05, 0) is 43.3 Å². The molecule has 2 rings (SSSR count). The molecule has 1 N–H and O–H groups in total. The molecule has 19 heavy (non-hydrogen) atoms. The van der Waals surface area contributed by atoms with Gasteiger partial charge in [-0.15, -0.1) is 0 Å². The average Bonchev–Trinajstić information content (AvgIpc) is 2.40. The van der Waals surface area contributed by atoms with E-state index in [4.69, 9.17) is 0 Å². The zero-order valence-electron chi connectivity index (χ0n) is 11.0. The molecule has 0 aliphatic rings. The zero-order chi connectivity index (χ0) is 13.8. The second-order valence-electron chi connectivity index (χ2n) is 4.36. The van der Waals surface area contributed by atoms with Gasteiger partial charge in [0.15, 0.2) is 0 Å². The topological polar surface area (TPSA) is 24.9 Å². The lowest BCUT2D eigenvalue weighted by molar-refractivity contribution is 0.537. The van der Waals surface area contributed by atoms with Gasteiger partial charge < -0.3 is 5.32 Å². The molecule has 0 fully saturated rings. The van der Waals surface area contributed by atoms with Gasteiger partial charge in [0.1, 0.15) is 11.6 Å². The summed E-state index contributed by atoms with van der Waals surface area (Å²) in [7, 11) is 0. The highest BCUT2D eigenvalue weighted by Gasteiger charge is 2.20. The summed E-state index contributed by atoms with van der Waals surface area (Å²) in [6.45, 7) is 4.46. The first-order chi connectivity index (χ1) is 9.13. The SMILES string of the molecule is CCNC(c1cc(F)ccc1F)c1ncccc1C. The Kier molecular flexibility index (Phi) is 4.22. The molecule has 0 saturated carbocycles. The van der Waals surface area contributed by atoms with Gasteiger partial charge in [-0.2, -0.15) is 0 Å². The van der Waals surface area contributed by atoms with E-state index in [1.165, 1.54) is 6.07 Å². The van der Waals surface area contributed by atoms with Gasteiger partial charge >= 0.3 is 0 Å². The van der Waals surface area contributed by atoms with Crippen LogP contribution in [-0.2, 0) is 0 Å². The molecule has 0 bridgehead atoms. The van der Waals surface area contributed by atoms with Crippen LogP contribution in [0.4, 0.5) is 8.78 Å². The lowest BCUT2D eigenvalue weighted by atomic mass is 9.99. The van der Waals surface area contributed by atoms with Crippen LogP contribution in [0.1, 0.15) is 29.8 Å². The van der Waals surface area contributed by atoms with Crippen molar-refractivity contribution >= 4 is 0 Å². The van der Waals surface area contributed by atoms with Crippen molar-refractivity contribution in [2.45, 2.75) is 19.9 Å². The van der Waals surface area contributed by atoms with Crippen molar-refractivity contribution in [2.75, 3.05) is 6.54 Å². The van der Waals surface area contributed by atoms with Gasteiger partial charge in [0.2, 0.25) is 0 Å². The highest BCUT2D eigenvalue weighted by molar-refractivity contribution is 5.33. The Bertz CT molecular complexity index is 570. The molecule has 0 aliphatic carbocycles. The largest absolute Gasteiger partial charge is 0.305 e. The van der Waals surface area contributed by atoms with Gasteiger partial charge in [0, 0.05) is 11.8 Å². The third-order valence-electron chi connectivity index (χ3n) is 3.00. The van der Waals surface area contributed by atoms with Gasteiger partial charge in [0.25, 0.3) is 0 Å². The van der Waals surface area contributed by atoms with E-state index < -0.39 is 17.7 Å². The first-order valence-electron chi connectivity index (χ1n) is 6.23. The summed E-state index contributed by atoms with van der Waals surface area (Å²) in [6.07, 6.45) is 1.66. The molecule has 0 radical (unpaired) electrons. The lowest BCUT2D eigenvalue weighted by Crippen LogP contribution is -2.25. The zero-order valence-corrected chi connectivity index (χ0v) is 11.0. The minimum atomic E-state index is -0.451. The standard InChI is InChI=1S/C15H16F2N2/c1-3-18-15(14-10(2)5-4-8-19-14)12-9-11(16)6-7-13(12)17/h4-9,15,18H,3H2,1-2H3. The van der Waals surface area contributed by atoms with Crippen molar-refractivity contribution in [3.05, 3.63) is 65.0 Å². The molecule has 0 saturated heterocycles. The Morgan fingerprint density at radius 3 is 2.74 bits per heavy atom. The average molecular weight is 262 g/mol. The summed E-state index contributed by atoms with van der Waals surface area (Å²) in [5, 5.41) is 3.15. The summed E-state index contributed by atoms with van der Waals surface area (Å²) < 4.78 is 27.3. The quantitative estimate of drug-likeness (QED) is 0.913. The molecule has 1 unspecified atom stereocenters. The molecule has 1 atom stereocenters. The van der Waals surface area contributed by atoms with Gasteiger partial charge in [-0.25, -0.2) is 8.78 Å². The lowest BCUT2D eigenvalue weighted by Gasteiger charge is -2.20. The van der Waals surface area contributed by atoms with Crippen molar-refractivity contribution in [1.82, 2.24) is 10.3 Å². The Hall–Kier alpha value is -1.81. The first-order valence-corrected chi connectivity index (χ1v) is 6.23. The first kappa shape index (κ1) is 13.6. The van der Waals surface area contributed by atoms with Crippen LogP contribution in [0.25, 0.3) is 0 Å². The highest BCUT2D eigenvalue weighted by atomic mass is 19.1. The third-order valence-corrected chi connectivity index (χ3v) is 3.00. The molecule has 1 aromatic heterocycles. The predicted molar refractivity (Wildman–Crippen MR) is 70.9 cm³/mol. The van der Waals surface area contributed by atoms with E-state index >= 15 is 0 Å². The monoisotopic (exact) mass is 262 g/mol. The number of aromatic nitrogens is 1. The minimum Gasteiger partial charge on any atom is -0.305 e. The number of nitrogens with one attached hydrogen (secondary N) is 1. The fourth-order valence-corrected chi connectivity index (χ4v) is 2.09. The van der Waals surface area contributed by atoms with Crippen molar-refractivity contribution < 1.29 is 8.78 Å². The van der Waals surface area contributed by atoms with Crippen LogP contribution in [0.2, 0.25) is 0 Å². The molecule has 4 heteroatoms. The molecule has 0 spiro atoms. The van der Waals surface area contributed by atoms with Crippen molar-refractivity contribution in [1.29, 1.82) is 0 Å². The Labute approximate surface area is 111 Å². The molecular formula is C15H16F2N2. The smallest absolute Gasteiger partial charge is 0.128 e. The predicted octanol–water partition coefficient (Wildman–Crippen LogP) is 3.37. The maximum atomic E-state index is 13.9. The number of aryl methyl sites for hydroxylation is 1. The van der Waals surface area contributed by atoms with E-state index in [0.29, 0.717) is 12.2 Å². The molecule has 2 aromatic rings. The summed E-state index contributed by atoms with van der Waals surface area (Å²) >= 11 is 0. The number of rotatable bonds is 4. The third kappa shape index (κ3) is 2.96. The van der Waals surface area contributed by atoms with Crippen LogP contribution in [0.15, 0.2) is 36.5 Å². The van der Waals surface area contributed by atoms with Gasteiger partial charge in [-0.1, -0.05) is 13.0 Å². The fourth-order valence-electron chi connectivity index (χ4n) is 2.09. The van der Waals surface area contributed by atoms with Crippen LogP contribution < -0.4 is 5.32 Å². The van der Waals surface area contributed by atoms with E-state index in [9.17, 15) is 8.78 Å². The minimum absolute atomic E-state index is 0.281. The summed E-state index contributed by atoms with van der Waals surface area (Å²) in [5.41, 5.74) is 1.94. The number of hydrogen-bond acceptors (Lipinski definition) is 2. The Balaban J connectivity index is 2.51. The molecule has 0 amide bonds. The summed E-state index contributed by atoms with van der Waals surface area (Å²) in [5.74, 6) is -0.884.